The Bertz CT molecular complexity index is 482. The van der Waals surface area contributed by atoms with E-state index in [1.54, 1.807) is 7.11 Å². The summed E-state index contributed by atoms with van der Waals surface area (Å²) in [4.78, 5) is 4.25. The highest BCUT2D eigenvalue weighted by Gasteiger charge is 2.04. The molecule has 0 amide bonds. The van der Waals surface area contributed by atoms with Crippen LogP contribution in [-0.4, -0.2) is 12.1 Å². The second-order valence-electron chi connectivity index (χ2n) is 3.18. The Kier molecular flexibility index (Phi) is 2.30. The SMILES string of the molecule is COc1cc2ccc(C)cc2nc1Cl. The summed E-state index contributed by atoms with van der Waals surface area (Å²) >= 11 is 5.92. The fourth-order valence-corrected chi connectivity index (χ4v) is 1.60. The molecule has 0 aliphatic rings. The standard InChI is InChI=1S/C11H10ClNO/c1-7-3-4-8-6-10(14-2)11(12)13-9(8)5-7/h3-6H,1-2H3. The summed E-state index contributed by atoms with van der Waals surface area (Å²) < 4.78 is 5.09. The van der Waals surface area contributed by atoms with Crippen LogP contribution < -0.4 is 4.74 Å². The number of nitrogens with zero attached hydrogens (tertiary/aromatic N) is 1. The first-order chi connectivity index (χ1) is 6.70. The van der Waals surface area contributed by atoms with E-state index in [4.69, 9.17) is 16.3 Å². The summed E-state index contributed by atoms with van der Waals surface area (Å²) in [7, 11) is 1.59. The highest BCUT2D eigenvalue weighted by molar-refractivity contribution is 6.31. The number of aryl methyl sites for hydroxylation is 1. The van der Waals surface area contributed by atoms with Crippen molar-refractivity contribution in [1.82, 2.24) is 4.98 Å². The molecule has 0 unspecified atom stereocenters. The van der Waals surface area contributed by atoms with Crippen molar-refractivity contribution in [2.24, 2.45) is 0 Å². The largest absolute Gasteiger partial charge is 0.494 e. The Hall–Kier alpha value is -1.28. The van der Waals surface area contributed by atoms with Crippen LogP contribution in [0.4, 0.5) is 0 Å². The van der Waals surface area contributed by atoms with E-state index in [0.717, 1.165) is 10.9 Å². The van der Waals surface area contributed by atoms with E-state index >= 15 is 0 Å². The highest BCUT2D eigenvalue weighted by Crippen LogP contribution is 2.26. The maximum atomic E-state index is 5.92. The van der Waals surface area contributed by atoms with Crippen LogP contribution in [0.1, 0.15) is 5.56 Å². The van der Waals surface area contributed by atoms with Gasteiger partial charge in [-0.25, -0.2) is 4.98 Å². The van der Waals surface area contributed by atoms with Gasteiger partial charge in [-0.15, -0.1) is 0 Å². The van der Waals surface area contributed by atoms with Gasteiger partial charge < -0.3 is 4.74 Å². The molecule has 1 aromatic carbocycles. The summed E-state index contributed by atoms with van der Waals surface area (Å²) in [6, 6.07) is 7.94. The molecule has 0 N–H and O–H groups in total. The van der Waals surface area contributed by atoms with Gasteiger partial charge >= 0.3 is 0 Å². The molecule has 0 aliphatic carbocycles. The van der Waals surface area contributed by atoms with Gasteiger partial charge in [0.15, 0.2) is 10.9 Å². The minimum absolute atomic E-state index is 0.408. The van der Waals surface area contributed by atoms with Gasteiger partial charge in [0.25, 0.3) is 0 Å². The first kappa shape index (κ1) is 9.28. The van der Waals surface area contributed by atoms with Gasteiger partial charge in [-0.3, -0.25) is 0 Å². The molecule has 0 saturated heterocycles. The zero-order valence-corrected chi connectivity index (χ0v) is 8.80. The lowest BCUT2D eigenvalue weighted by atomic mass is 10.1. The van der Waals surface area contributed by atoms with Crippen LogP contribution in [0.25, 0.3) is 10.9 Å². The smallest absolute Gasteiger partial charge is 0.171 e. The van der Waals surface area contributed by atoms with Crippen molar-refractivity contribution in [3.05, 3.63) is 35.0 Å². The Morgan fingerprint density at radius 3 is 2.79 bits per heavy atom. The number of hydrogen-bond donors (Lipinski definition) is 0. The van der Waals surface area contributed by atoms with Gasteiger partial charge in [-0.1, -0.05) is 23.7 Å². The Morgan fingerprint density at radius 2 is 2.07 bits per heavy atom. The third-order valence-electron chi connectivity index (χ3n) is 2.11. The van der Waals surface area contributed by atoms with Crippen molar-refractivity contribution in [2.45, 2.75) is 6.92 Å². The molecule has 1 aromatic heterocycles. The van der Waals surface area contributed by atoms with Gasteiger partial charge in [0.05, 0.1) is 12.6 Å². The Morgan fingerprint density at radius 1 is 1.29 bits per heavy atom. The molecule has 3 heteroatoms. The van der Waals surface area contributed by atoms with E-state index in [-0.39, 0.29) is 0 Å². The fraction of sp³-hybridized carbons (Fsp3) is 0.182. The van der Waals surface area contributed by atoms with E-state index in [1.807, 2.05) is 31.2 Å². The van der Waals surface area contributed by atoms with Gasteiger partial charge in [-0.2, -0.15) is 0 Å². The van der Waals surface area contributed by atoms with E-state index < -0.39 is 0 Å². The topological polar surface area (TPSA) is 22.1 Å². The second kappa shape index (κ2) is 3.46. The highest BCUT2D eigenvalue weighted by atomic mass is 35.5. The minimum Gasteiger partial charge on any atom is -0.494 e. The maximum Gasteiger partial charge on any atom is 0.171 e. The average molecular weight is 208 g/mol. The maximum absolute atomic E-state index is 5.92. The molecule has 0 spiro atoms. The molecule has 72 valence electrons. The summed E-state index contributed by atoms with van der Waals surface area (Å²) in [6.45, 7) is 2.03. The van der Waals surface area contributed by atoms with Crippen LogP contribution in [0.3, 0.4) is 0 Å². The number of methoxy groups -OCH3 is 1. The van der Waals surface area contributed by atoms with Crippen molar-refractivity contribution in [1.29, 1.82) is 0 Å². The Balaban J connectivity index is 2.73. The lowest BCUT2D eigenvalue weighted by molar-refractivity contribution is 0.414. The second-order valence-corrected chi connectivity index (χ2v) is 3.54. The van der Waals surface area contributed by atoms with E-state index in [0.29, 0.717) is 10.9 Å². The first-order valence-corrected chi connectivity index (χ1v) is 4.69. The molecule has 0 fully saturated rings. The van der Waals surface area contributed by atoms with Crippen LogP contribution in [0.2, 0.25) is 5.15 Å². The molecule has 2 rings (SSSR count). The Labute approximate surface area is 87.5 Å². The lowest BCUT2D eigenvalue weighted by Gasteiger charge is -2.04. The number of hydrogen-bond acceptors (Lipinski definition) is 2. The lowest BCUT2D eigenvalue weighted by Crippen LogP contribution is -1.88. The number of pyridine rings is 1. The van der Waals surface area contributed by atoms with Crippen molar-refractivity contribution in [3.63, 3.8) is 0 Å². The molecule has 0 radical (unpaired) electrons. The van der Waals surface area contributed by atoms with E-state index in [1.165, 1.54) is 5.56 Å². The molecular weight excluding hydrogens is 198 g/mol. The molecule has 14 heavy (non-hydrogen) atoms. The number of rotatable bonds is 1. The van der Waals surface area contributed by atoms with Crippen LogP contribution in [0.15, 0.2) is 24.3 Å². The average Bonchev–Trinajstić information content (AvgIpc) is 2.16. The van der Waals surface area contributed by atoms with Crippen LogP contribution in [0, 0.1) is 6.92 Å². The number of fused-ring (bicyclic) bond motifs is 1. The minimum atomic E-state index is 0.408. The zero-order valence-electron chi connectivity index (χ0n) is 8.04. The van der Waals surface area contributed by atoms with Crippen LogP contribution in [-0.2, 0) is 0 Å². The third kappa shape index (κ3) is 1.53. The van der Waals surface area contributed by atoms with Crippen molar-refractivity contribution >= 4 is 22.5 Å². The molecule has 2 aromatic rings. The summed E-state index contributed by atoms with van der Waals surface area (Å²) in [6.07, 6.45) is 0. The molecule has 0 aliphatic heterocycles. The van der Waals surface area contributed by atoms with Gasteiger partial charge in [0.1, 0.15) is 0 Å². The quantitative estimate of drug-likeness (QED) is 0.670. The van der Waals surface area contributed by atoms with Gasteiger partial charge in [0.2, 0.25) is 0 Å². The predicted molar refractivity (Wildman–Crippen MR) is 58.0 cm³/mol. The fourth-order valence-electron chi connectivity index (χ4n) is 1.38. The molecular formula is C11H10ClNO. The van der Waals surface area contributed by atoms with Crippen molar-refractivity contribution in [2.75, 3.05) is 7.11 Å². The van der Waals surface area contributed by atoms with Crippen LogP contribution >= 0.6 is 11.6 Å². The van der Waals surface area contributed by atoms with Gasteiger partial charge in [-0.05, 0) is 24.6 Å². The number of halogens is 1. The van der Waals surface area contributed by atoms with Crippen LogP contribution in [0.5, 0.6) is 5.75 Å². The molecule has 0 atom stereocenters. The normalized spacial score (nSPS) is 10.5. The van der Waals surface area contributed by atoms with Crippen molar-refractivity contribution in [3.8, 4) is 5.75 Å². The molecule has 0 bridgehead atoms. The van der Waals surface area contributed by atoms with Gasteiger partial charge in [0, 0.05) is 5.39 Å². The van der Waals surface area contributed by atoms with E-state index in [9.17, 15) is 0 Å². The van der Waals surface area contributed by atoms with Crippen molar-refractivity contribution < 1.29 is 4.74 Å². The molecule has 0 saturated carbocycles. The molecule has 2 nitrogen and oxygen atoms in total. The predicted octanol–water partition coefficient (Wildman–Crippen LogP) is 3.21. The number of aromatic nitrogens is 1. The summed E-state index contributed by atoms with van der Waals surface area (Å²) in [5.41, 5.74) is 2.07. The zero-order chi connectivity index (χ0) is 10.1. The third-order valence-corrected chi connectivity index (χ3v) is 2.39. The monoisotopic (exact) mass is 207 g/mol. The number of ether oxygens (including phenoxy) is 1. The number of benzene rings is 1. The molecule has 1 heterocycles. The summed E-state index contributed by atoms with van der Waals surface area (Å²) in [5, 5.41) is 1.45. The van der Waals surface area contributed by atoms with E-state index in [2.05, 4.69) is 4.98 Å². The first-order valence-electron chi connectivity index (χ1n) is 4.31. The summed E-state index contributed by atoms with van der Waals surface area (Å²) in [5.74, 6) is 0.614.